The van der Waals surface area contributed by atoms with Crippen molar-refractivity contribution in [2.24, 2.45) is 0 Å². The summed E-state index contributed by atoms with van der Waals surface area (Å²) in [5.74, 6) is -1.29. The number of benzene rings is 1. The van der Waals surface area contributed by atoms with Crippen molar-refractivity contribution in [3.8, 4) is 5.75 Å². The van der Waals surface area contributed by atoms with E-state index in [1.165, 1.54) is 25.3 Å². The minimum Gasteiger partial charge on any atom is -0.497 e. The molecule has 0 fully saturated rings. The Labute approximate surface area is 137 Å². The Kier molecular flexibility index (Phi) is 5.51. The van der Waals surface area contributed by atoms with E-state index >= 15 is 0 Å². The van der Waals surface area contributed by atoms with Crippen LogP contribution in [0.3, 0.4) is 0 Å². The van der Waals surface area contributed by atoms with Crippen molar-refractivity contribution in [1.82, 2.24) is 5.16 Å². The SMILES string of the molecule is CC[C@@H](OC(=O)c1ccc(OC)cc1F)C(=O)Nc1cc(C)on1. The normalized spacial score (nSPS) is 11.7. The van der Waals surface area contributed by atoms with E-state index < -0.39 is 23.8 Å². The molecule has 0 saturated carbocycles. The van der Waals surface area contributed by atoms with Gasteiger partial charge in [-0.05, 0) is 25.5 Å². The second kappa shape index (κ2) is 7.58. The summed E-state index contributed by atoms with van der Waals surface area (Å²) in [6.07, 6.45) is -0.873. The third-order valence-electron chi connectivity index (χ3n) is 3.19. The molecule has 1 amide bonds. The summed E-state index contributed by atoms with van der Waals surface area (Å²) in [7, 11) is 1.38. The van der Waals surface area contributed by atoms with E-state index in [0.29, 0.717) is 5.76 Å². The van der Waals surface area contributed by atoms with E-state index in [1.807, 2.05) is 0 Å². The smallest absolute Gasteiger partial charge is 0.341 e. The summed E-state index contributed by atoms with van der Waals surface area (Å²) in [6.45, 7) is 3.34. The molecule has 0 aliphatic rings. The molecule has 0 aliphatic heterocycles. The molecule has 0 radical (unpaired) electrons. The molecule has 8 heteroatoms. The zero-order chi connectivity index (χ0) is 17.7. The summed E-state index contributed by atoms with van der Waals surface area (Å²) in [5.41, 5.74) is -0.278. The van der Waals surface area contributed by atoms with Crippen LogP contribution in [0, 0.1) is 12.7 Å². The molecule has 1 atom stereocenters. The number of aryl methyl sites for hydroxylation is 1. The summed E-state index contributed by atoms with van der Waals surface area (Å²) in [4.78, 5) is 24.2. The molecule has 0 unspecified atom stereocenters. The second-order valence-electron chi connectivity index (χ2n) is 4.96. The number of aromatic nitrogens is 1. The fourth-order valence-electron chi connectivity index (χ4n) is 1.94. The molecule has 0 saturated heterocycles. The third-order valence-corrected chi connectivity index (χ3v) is 3.19. The molecule has 1 heterocycles. The predicted molar refractivity (Wildman–Crippen MR) is 82.3 cm³/mol. The topological polar surface area (TPSA) is 90.7 Å². The van der Waals surface area contributed by atoms with E-state index in [9.17, 15) is 14.0 Å². The number of hydrogen-bond acceptors (Lipinski definition) is 6. The molecule has 0 aliphatic carbocycles. The van der Waals surface area contributed by atoms with Gasteiger partial charge in [-0.1, -0.05) is 12.1 Å². The Morgan fingerprint density at radius 2 is 2.12 bits per heavy atom. The lowest BCUT2D eigenvalue weighted by Crippen LogP contribution is -2.32. The lowest BCUT2D eigenvalue weighted by atomic mass is 10.2. The van der Waals surface area contributed by atoms with Crippen LogP contribution in [0.25, 0.3) is 0 Å². The number of esters is 1. The van der Waals surface area contributed by atoms with Gasteiger partial charge in [0.25, 0.3) is 5.91 Å². The van der Waals surface area contributed by atoms with Crippen molar-refractivity contribution < 1.29 is 28.0 Å². The van der Waals surface area contributed by atoms with Crippen molar-refractivity contribution in [2.45, 2.75) is 26.4 Å². The average Bonchev–Trinajstić information content (AvgIpc) is 2.96. The number of ether oxygens (including phenoxy) is 2. The first kappa shape index (κ1) is 17.5. The minimum absolute atomic E-state index is 0.211. The van der Waals surface area contributed by atoms with Gasteiger partial charge in [-0.25, -0.2) is 9.18 Å². The van der Waals surface area contributed by atoms with E-state index in [-0.39, 0.29) is 23.6 Å². The summed E-state index contributed by atoms with van der Waals surface area (Å²) in [6, 6.07) is 5.26. The van der Waals surface area contributed by atoms with E-state index in [1.54, 1.807) is 13.8 Å². The van der Waals surface area contributed by atoms with Crippen molar-refractivity contribution in [2.75, 3.05) is 12.4 Å². The van der Waals surface area contributed by atoms with Crippen LogP contribution in [0.4, 0.5) is 10.2 Å². The van der Waals surface area contributed by atoms with Crippen molar-refractivity contribution >= 4 is 17.7 Å². The summed E-state index contributed by atoms with van der Waals surface area (Å²) >= 11 is 0. The summed E-state index contributed by atoms with van der Waals surface area (Å²) < 4.78 is 28.7. The van der Waals surface area contributed by atoms with Gasteiger partial charge in [0.1, 0.15) is 17.3 Å². The lowest BCUT2D eigenvalue weighted by molar-refractivity contribution is -0.124. The van der Waals surface area contributed by atoms with Crippen LogP contribution in [0.1, 0.15) is 29.5 Å². The fraction of sp³-hybridized carbons (Fsp3) is 0.312. The molecular weight excluding hydrogens is 319 g/mol. The van der Waals surface area contributed by atoms with Crippen LogP contribution in [-0.4, -0.2) is 30.2 Å². The number of carbonyl (C=O) groups excluding carboxylic acids is 2. The molecule has 1 aromatic heterocycles. The Balaban J connectivity index is 2.06. The van der Waals surface area contributed by atoms with Gasteiger partial charge in [-0.3, -0.25) is 4.79 Å². The molecular formula is C16H17FN2O5. The first-order valence-corrected chi connectivity index (χ1v) is 7.23. The zero-order valence-electron chi connectivity index (χ0n) is 13.5. The first-order valence-electron chi connectivity index (χ1n) is 7.23. The standard InChI is InChI=1S/C16H17FN2O5/c1-4-13(15(20)18-14-7-9(2)24-19-14)23-16(21)11-6-5-10(22-3)8-12(11)17/h5-8,13H,4H2,1-3H3,(H,18,19,20)/t13-/m1/s1. The van der Waals surface area contributed by atoms with Gasteiger partial charge >= 0.3 is 5.97 Å². The Hall–Kier alpha value is -2.90. The van der Waals surface area contributed by atoms with Gasteiger partial charge in [0.15, 0.2) is 11.9 Å². The van der Waals surface area contributed by atoms with Gasteiger partial charge in [0.05, 0.1) is 12.7 Å². The highest BCUT2D eigenvalue weighted by atomic mass is 19.1. The van der Waals surface area contributed by atoms with Crippen molar-refractivity contribution in [3.63, 3.8) is 0 Å². The Morgan fingerprint density at radius 3 is 2.67 bits per heavy atom. The highest BCUT2D eigenvalue weighted by Gasteiger charge is 2.24. The van der Waals surface area contributed by atoms with Crippen LogP contribution in [0.15, 0.2) is 28.8 Å². The number of methoxy groups -OCH3 is 1. The molecule has 0 spiro atoms. The zero-order valence-corrected chi connectivity index (χ0v) is 13.5. The maximum Gasteiger partial charge on any atom is 0.341 e. The average molecular weight is 336 g/mol. The number of rotatable bonds is 6. The van der Waals surface area contributed by atoms with Crippen molar-refractivity contribution in [3.05, 3.63) is 41.4 Å². The molecule has 2 aromatic rings. The third kappa shape index (κ3) is 4.09. The number of hydrogen-bond donors (Lipinski definition) is 1. The Bertz CT molecular complexity index is 744. The van der Waals surface area contributed by atoms with Gasteiger partial charge in [-0.15, -0.1) is 0 Å². The van der Waals surface area contributed by atoms with Crippen LogP contribution in [0.2, 0.25) is 0 Å². The number of halogens is 1. The van der Waals surface area contributed by atoms with E-state index in [4.69, 9.17) is 14.0 Å². The van der Waals surface area contributed by atoms with Gasteiger partial charge in [-0.2, -0.15) is 0 Å². The monoisotopic (exact) mass is 336 g/mol. The molecule has 24 heavy (non-hydrogen) atoms. The van der Waals surface area contributed by atoms with E-state index in [0.717, 1.165) is 6.07 Å². The van der Waals surface area contributed by atoms with Gasteiger partial charge < -0.3 is 19.3 Å². The number of carbonyl (C=O) groups is 2. The maximum absolute atomic E-state index is 13.9. The molecule has 1 N–H and O–H groups in total. The Morgan fingerprint density at radius 1 is 1.38 bits per heavy atom. The molecule has 1 aromatic carbocycles. The second-order valence-corrected chi connectivity index (χ2v) is 4.96. The molecule has 7 nitrogen and oxygen atoms in total. The number of amides is 1. The minimum atomic E-state index is -1.09. The van der Waals surface area contributed by atoms with Gasteiger partial charge in [0, 0.05) is 12.1 Å². The van der Waals surface area contributed by atoms with Crippen LogP contribution < -0.4 is 10.1 Å². The fourth-order valence-corrected chi connectivity index (χ4v) is 1.94. The quantitative estimate of drug-likeness (QED) is 0.816. The highest BCUT2D eigenvalue weighted by Crippen LogP contribution is 2.18. The number of nitrogens with one attached hydrogen (secondary N) is 1. The number of nitrogens with zero attached hydrogens (tertiary/aromatic N) is 1. The molecule has 0 bridgehead atoms. The van der Waals surface area contributed by atoms with Crippen LogP contribution in [0.5, 0.6) is 5.75 Å². The highest BCUT2D eigenvalue weighted by molar-refractivity contribution is 5.97. The molecule has 2 rings (SSSR count). The molecule has 128 valence electrons. The lowest BCUT2D eigenvalue weighted by Gasteiger charge is -2.15. The first-order chi connectivity index (χ1) is 11.4. The van der Waals surface area contributed by atoms with E-state index in [2.05, 4.69) is 10.5 Å². The van der Waals surface area contributed by atoms with Gasteiger partial charge in [0.2, 0.25) is 0 Å². The maximum atomic E-state index is 13.9. The number of anilines is 1. The largest absolute Gasteiger partial charge is 0.497 e. The van der Waals surface area contributed by atoms with Crippen molar-refractivity contribution in [1.29, 1.82) is 0 Å². The predicted octanol–water partition coefficient (Wildman–Crippen LogP) is 2.70. The summed E-state index contributed by atoms with van der Waals surface area (Å²) in [5, 5.41) is 6.09. The van der Waals surface area contributed by atoms with Crippen LogP contribution in [-0.2, 0) is 9.53 Å². The van der Waals surface area contributed by atoms with Crippen LogP contribution >= 0.6 is 0 Å².